The Kier molecular flexibility index (Phi) is 4.86. The SMILES string of the molecule is Cc1ccc(N(c2ccc(C)cc2)c2ccc3ccc4cc(C(C)(C)C)cc5ccc2c3c45)cc1. The molecule has 0 aliphatic heterocycles. The van der Waals surface area contributed by atoms with E-state index >= 15 is 0 Å². The molecule has 6 aromatic carbocycles. The lowest BCUT2D eigenvalue weighted by molar-refractivity contribution is 0.591. The number of hydrogen-bond donors (Lipinski definition) is 0. The molecule has 0 aliphatic carbocycles. The van der Waals surface area contributed by atoms with Gasteiger partial charge < -0.3 is 4.90 Å². The quantitative estimate of drug-likeness (QED) is 0.241. The van der Waals surface area contributed by atoms with Gasteiger partial charge in [0.25, 0.3) is 0 Å². The molecule has 0 saturated heterocycles. The van der Waals surface area contributed by atoms with Crippen molar-refractivity contribution in [3.8, 4) is 0 Å². The molecule has 6 aromatic rings. The second kappa shape index (κ2) is 7.85. The highest BCUT2D eigenvalue weighted by Crippen LogP contribution is 2.44. The first-order valence-electron chi connectivity index (χ1n) is 12.5. The van der Waals surface area contributed by atoms with Crippen molar-refractivity contribution in [2.45, 2.75) is 40.0 Å². The van der Waals surface area contributed by atoms with E-state index in [1.54, 1.807) is 0 Å². The molecular formula is C34H31N. The number of benzene rings is 6. The lowest BCUT2D eigenvalue weighted by Crippen LogP contribution is -2.11. The molecule has 0 aliphatic rings. The third-order valence-corrected chi connectivity index (χ3v) is 7.27. The Morgan fingerprint density at radius 2 is 1.00 bits per heavy atom. The molecule has 0 amide bonds. The fourth-order valence-corrected chi connectivity index (χ4v) is 5.25. The number of anilines is 3. The van der Waals surface area contributed by atoms with Crippen molar-refractivity contribution in [2.75, 3.05) is 4.90 Å². The Morgan fingerprint density at radius 3 is 1.54 bits per heavy atom. The highest BCUT2D eigenvalue weighted by Gasteiger charge is 2.20. The molecule has 1 heteroatoms. The molecule has 0 unspecified atom stereocenters. The maximum atomic E-state index is 2.39. The molecule has 1 nitrogen and oxygen atoms in total. The van der Waals surface area contributed by atoms with Gasteiger partial charge in [0.1, 0.15) is 0 Å². The Hall–Kier alpha value is -3.84. The van der Waals surface area contributed by atoms with Gasteiger partial charge in [0.15, 0.2) is 0 Å². The summed E-state index contributed by atoms with van der Waals surface area (Å²) in [6.45, 7) is 11.2. The Bertz CT molecular complexity index is 1600. The van der Waals surface area contributed by atoms with Crippen molar-refractivity contribution in [3.63, 3.8) is 0 Å². The topological polar surface area (TPSA) is 3.24 Å². The van der Waals surface area contributed by atoms with Crippen LogP contribution in [0.3, 0.4) is 0 Å². The second-order valence-electron chi connectivity index (χ2n) is 10.9. The number of hydrogen-bond acceptors (Lipinski definition) is 1. The molecular weight excluding hydrogens is 422 g/mol. The fourth-order valence-electron chi connectivity index (χ4n) is 5.25. The number of rotatable bonds is 3. The van der Waals surface area contributed by atoms with Gasteiger partial charge in [0.05, 0.1) is 5.69 Å². The van der Waals surface area contributed by atoms with E-state index in [9.17, 15) is 0 Å². The zero-order valence-electron chi connectivity index (χ0n) is 21.2. The van der Waals surface area contributed by atoms with Crippen LogP contribution in [0, 0.1) is 13.8 Å². The predicted molar refractivity (Wildman–Crippen MR) is 153 cm³/mol. The van der Waals surface area contributed by atoms with Crippen molar-refractivity contribution in [2.24, 2.45) is 0 Å². The molecule has 0 aromatic heterocycles. The summed E-state index contributed by atoms with van der Waals surface area (Å²) in [6.07, 6.45) is 0. The first-order chi connectivity index (χ1) is 16.8. The van der Waals surface area contributed by atoms with Crippen LogP contribution in [0.1, 0.15) is 37.5 Å². The molecule has 0 spiro atoms. The van der Waals surface area contributed by atoms with Crippen molar-refractivity contribution in [3.05, 3.63) is 114 Å². The van der Waals surface area contributed by atoms with Gasteiger partial charge in [-0.1, -0.05) is 98.6 Å². The molecule has 0 atom stereocenters. The molecule has 6 rings (SSSR count). The van der Waals surface area contributed by atoms with E-state index in [0.29, 0.717) is 0 Å². The summed E-state index contributed by atoms with van der Waals surface area (Å²) < 4.78 is 0. The van der Waals surface area contributed by atoms with Crippen LogP contribution in [-0.2, 0) is 5.41 Å². The van der Waals surface area contributed by atoms with Crippen LogP contribution in [0.4, 0.5) is 17.1 Å². The first-order valence-corrected chi connectivity index (χ1v) is 12.5. The summed E-state index contributed by atoms with van der Waals surface area (Å²) in [5.74, 6) is 0. The Labute approximate surface area is 208 Å². The zero-order chi connectivity index (χ0) is 24.3. The van der Waals surface area contributed by atoms with E-state index in [1.807, 2.05) is 0 Å². The van der Waals surface area contributed by atoms with E-state index in [1.165, 1.54) is 66.1 Å². The maximum absolute atomic E-state index is 2.39. The Balaban J connectivity index is 1.66. The highest BCUT2D eigenvalue weighted by molar-refractivity contribution is 6.26. The van der Waals surface area contributed by atoms with Gasteiger partial charge in [0, 0.05) is 16.8 Å². The monoisotopic (exact) mass is 453 g/mol. The smallest absolute Gasteiger partial charge is 0.0540 e. The first kappa shape index (κ1) is 21.7. The summed E-state index contributed by atoms with van der Waals surface area (Å²) in [5, 5.41) is 7.92. The van der Waals surface area contributed by atoms with Crippen LogP contribution < -0.4 is 4.90 Å². The average Bonchev–Trinajstić information content (AvgIpc) is 2.85. The lowest BCUT2D eigenvalue weighted by Gasteiger charge is -2.28. The highest BCUT2D eigenvalue weighted by atomic mass is 15.1. The van der Waals surface area contributed by atoms with E-state index in [-0.39, 0.29) is 5.41 Å². The summed E-state index contributed by atoms with van der Waals surface area (Å²) in [4.78, 5) is 2.39. The minimum Gasteiger partial charge on any atom is -0.310 e. The van der Waals surface area contributed by atoms with E-state index < -0.39 is 0 Å². The molecule has 0 heterocycles. The standard InChI is InChI=1S/C34H31N/c1-22-6-14-28(15-7-22)35(29-16-8-23(2)9-17-29)31-19-13-24-10-11-25-20-27(34(3,4)5)21-26-12-18-30(31)33(24)32(25)26/h6-21H,1-5H3. The normalized spacial score (nSPS) is 12.1. The van der Waals surface area contributed by atoms with Gasteiger partial charge in [-0.2, -0.15) is 0 Å². The van der Waals surface area contributed by atoms with Gasteiger partial charge in [-0.3, -0.25) is 0 Å². The second-order valence-corrected chi connectivity index (χ2v) is 10.9. The van der Waals surface area contributed by atoms with Crippen molar-refractivity contribution < 1.29 is 0 Å². The number of nitrogens with zero attached hydrogens (tertiary/aromatic N) is 1. The largest absolute Gasteiger partial charge is 0.310 e. The van der Waals surface area contributed by atoms with Gasteiger partial charge >= 0.3 is 0 Å². The van der Waals surface area contributed by atoms with Crippen molar-refractivity contribution in [1.29, 1.82) is 0 Å². The molecule has 0 N–H and O–H groups in total. The maximum Gasteiger partial charge on any atom is 0.0540 e. The van der Waals surface area contributed by atoms with Crippen LogP contribution >= 0.6 is 0 Å². The summed E-state index contributed by atoms with van der Waals surface area (Å²) in [6, 6.07) is 36.2. The van der Waals surface area contributed by atoms with Crippen molar-refractivity contribution in [1.82, 2.24) is 0 Å². The molecule has 0 saturated carbocycles. The van der Waals surface area contributed by atoms with Crippen LogP contribution in [0.2, 0.25) is 0 Å². The fraction of sp³-hybridized carbons (Fsp3) is 0.176. The van der Waals surface area contributed by atoms with E-state index in [4.69, 9.17) is 0 Å². The average molecular weight is 454 g/mol. The van der Waals surface area contributed by atoms with Crippen LogP contribution in [0.25, 0.3) is 32.3 Å². The summed E-state index contributed by atoms with van der Waals surface area (Å²) >= 11 is 0. The third kappa shape index (κ3) is 3.63. The van der Waals surface area contributed by atoms with Crippen LogP contribution in [-0.4, -0.2) is 0 Å². The Morgan fingerprint density at radius 1 is 0.514 bits per heavy atom. The predicted octanol–water partition coefficient (Wildman–Crippen LogP) is 9.97. The van der Waals surface area contributed by atoms with Gasteiger partial charge in [-0.15, -0.1) is 0 Å². The minimum absolute atomic E-state index is 0.114. The van der Waals surface area contributed by atoms with E-state index in [0.717, 1.165) is 0 Å². The molecule has 35 heavy (non-hydrogen) atoms. The van der Waals surface area contributed by atoms with Crippen LogP contribution in [0.5, 0.6) is 0 Å². The van der Waals surface area contributed by atoms with Gasteiger partial charge in [0.2, 0.25) is 0 Å². The third-order valence-electron chi connectivity index (χ3n) is 7.27. The van der Waals surface area contributed by atoms with Crippen molar-refractivity contribution >= 4 is 49.4 Å². The summed E-state index contributed by atoms with van der Waals surface area (Å²) in [7, 11) is 0. The molecule has 172 valence electrons. The molecule has 0 bridgehead atoms. The lowest BCUT2D eigenvalue weighted by atomic mass is 9.83. The minimum atomic E-state index is 0.114. The molecule has 0 radical (unpaired) electrons. The zero-order valence-corrected chi connectivity index (χ0v) is 21.2. The summed E-state index contributed by atoms with van der Waals surface area (Å²) in [5.41, 5.74) is 7.58. The molecule has 0 fully saturated rings. The van der Waals surface area contributed by atoms with Gasteiger partial charge in [-0.05, 0) is 82.1 Å². The van der Waals surface area contributed by atoms with E-state index in [2.05, 4.69) is 137 Å². The van der Waals surface area contributed by atoms with Gasteiger partial charge in [-0.25, -0.2) is 0 Å². The number of aryl methyl sites for hydroxylation is 2. The van der Waals surface area contributed by atoms with Crippen LogP contribution in [0.15, 0.2) is 97.1 Å².